The quantitative estimate of drug-likeness (QED) is 0.868. The molecular formula is C14H23N3O. The van der Waals surface area contributed by atoms with Crippen LogP contribution in [0.1, 0.15) is 30.7 Å². The molecule has 2 N–H and O–H groups in total. The monoisotopic (exact) mass is 249 g/mol. The zero-order valence-corrected chi connectivity index (χ0v) is 11.6. The third-order valence-electron chi connectivity index (χ3n) is 3.50. The number of likely N-dealkylation sites (N-methyl/N-ethyl adjacent to an activating group) is 1. The van der Waals surface area contributed by atoms with Crippen LogP contribution in [0.4, 0.5) is 0 Å². The van der Waals surface area contributed by atoms with E-state index in [1.54, 1.807) is 0 Å². The predicted molar refractivity (Wildman–Crippen MR) is 73.5 cm³/mol. The lowest BCUT2D eigenvalue weighted by Crippen LogP contribution is -2.36. The van der Waals surface area contributed by atoms with E-state index < -0.39 is 0 Å². The molecular weight excluding hydrogens is 226 g/mol. The van der Waals surface area contributed by atoms with Crippen molar-refractivity contribution in [1.82, 2.24) is 9.47 Å². The number of rotatable bonds is 3. The van der Waals surface area contributed by atoms with Gasteiger partial charge in [-0.25, -0.2) is 0 Å². The fourth-order valence-corrected chi connectivity index (χ4v) is 2.63. The van der Waals surface area contributed by atoms with Crippen molar-refractivity contribution >= 4 is 0 Å². The molecule has 0 saturated carbocycles. The molecule has 1 aromatic rings. The summed E-state index contributed by atoms with van der Waals surface area (Å²) in [6.07, 6.45) is 0.957. The molecule has 0 radical (unpaired) electrons. The molecule has 0 unspecified atom stereocenters. The van der Waals surface area contributed by atoms with Crippen molar-refractivity contribution < 1.29 is 0 Å². The molecule has 0 atom stereocenters. The Hall–Kier alpha value is -1.13. The summed E-state index contributed by atoms with van der Waals surface area (Å²) < 4.78 is 1.95. The number of nitrogens with zero attached hydrogens (tertiary/aromatic N) is 2. The van der Waals surface area contributed by atoms with Crippen LogP contribution < -0.4 is 11.3 Å². The zero-order valence-electron chi connectivity index (χ0n) is 11.6. The van der Waals surface area contributed by atoms with Gasteiger partial charge in [0.2, 0.25) is 0 Å². The van der Waals surface area contributed by atoms with Crippen molar-refractivity contribution in [3.05, 3.63) is 33.2 Å². The summed E-state index contributed by atoms with van der Waals surface area (Å²) in [7, 11) is 2.11. The minimum Gasteiger partial charge on any atom is -0.326 e. The molecule has 1 aromatic heterocycles. The molecule has 4 nitrogen and oxygen atoms in total. The van der Waals surface area contributed by atoms with Crippen LogP contribution in [0.2, 0.25) is 0 Å². The van der Waals surface area contributed by atoms with E-state index in [1.165, 1.54) is 11.3 Å². The fraction of sp³-hybridized carbons (Fsp3) is 0.643. The lowest BCUT2D eigenvalue weighted by atomic mass is 10.0. The number of nitrogens with two attached hydrogens (primary N) is 1. The Kier molecular flexibility index (Phi) is 3.88. The van der Waals surface area contributed by atoms with Crippen LogP contribution in [0.5, 0.6) is 0 Å². The fourth-order valence-electron chi connectivity index (χ4n) is 2.63. The van der Waals surface area contributed by atoms with Crippen LogP contribution in [0, 0.1) is 5.92 Å². The summed E-state index contributed by atoms with van der Waals surface area (Å²) in [6.45, 7) is 7.34. The Bertz CT molecular complexity index is 491. The van der Waals surface area contributed by atoms with E-state index in [2.05, 4.69) is 25.8 Å². The van der Waals surface area contributed by atoms with Gasteiger partial charge < -0.3 is 15.2 Å². The summed E-state index contributed by atoms with van der Waals surface area (Å²) in [6, 6.07) is 2.00. The second kappa shape index (κ2) is 5.24. The summed E-state index contributed by atoms with van der Waals surface area (Å²) in [5.41, 5.74) is 9.02. The molecule has 0 amide bonds. The Morgan fingerprint density at radius 1 is 1.44 bits per heavy atom. The number of pyridine rings is 1. The van der Waals surface area contributed by atoms with Crippen LogP contribution in [0.3, 0.4) is 0 Å². The van der Waals surface area contributed by atoms with Crippen LogP contribution in [0.15, 0.2) is 10.9 Å². The van der Waals surface area contributed by atoms with E-state index in [0.29, 0.717) is 12.5 Å². The van der Waals surface area contributed by atoms with Gasteiger partial charge in [0, 0.05) is 43.9 Å². The molecule has 0 saturated heterocycles. The maximum absolute atomic E-state index is 12.4. The van der Waals surface area contributed by atoms with Crippen molar-refractivity contribution in [1.29, 1.82) is 0 Å². The molecule has 0 fully saturated rings. The third-order valence-corrected chi connectivity index (χ3v) is 3.50. The topological polar surface area (TPSA) is 51.3 Å². The first-order valence-electron chi connectivity index (χ1n) is 6.66. The molecule has 2 rings (SSSR count). The van der Waals surface area contributed by atoms with Gasteiger partial charge in [0.25, 0.3) is 5.56 Å². The van der Waals surface area contributed by atoms with Gasteiger partial charge in [-0.3, -0.25) is 4.79 Å². The second-order valence-electron chi connectivity index (χ2n) is 5.64. The van der Waals surface area contributed by atoms with Crippen LogP contribution in [-0.4, -0.2) is 23.1 Å². The zero-order chi connectivity index (χ0) is 13.3. The summed E-state index contributed by atoms with van der Waals surface area (Å²) in [4.78, 5) is 14.6. The number of hydrogen-bond donors (Lipinski definition) is 1. The third kappa shape index (κ3) is 2.49. The Morgan fingerprint density at radius 3 is 2.78 bits per heavy atom. The first-order valence-corrected chi connectivity index (χ1v) is 6.66. The molecule has 0 bridgehead atoms. The molecule has 0 aromatic carbocycles. The average Bonchev–Trinajstić information content (AvgIpc) is 2.31. The SMILES string of the molecule is CC(C)Cn1c2c(cc(CN)c1=O)CN(C)CC2. The second-order valence-corrected chi connectivity index (χ2v) is 5.64. The molecule has 2 heterocycles. The molecule has 4 heteroatoms. The molecule has 100 valence electrons. The lowest BCUT2D eigenvalue weighted by molar-refractivity contribution is 0.301. The van der Waals surface area contributed by atoms with E-state index in [0.717, 1.165) is 31.6 Å². The Labute approximate surface area is 108 Å². The minimum absolute atomic E-state index is 0.106. The molecule has 1 aliphatic heterocycles. The van der Waals surface area contributed by atoms with E-state index >= 15 is 0 Å². The molecule has 0 aliphatic carbocycles. The number of hydrogen-bond acceptors (Lipinski definition) is 3. The highest BCUT2D eigenvalue weighted by molar-refractivity contribution is 5.29. The van der Waals surface area contributed by atoms with Crippen molar-refractivity contribution in [2.45, 2.75) is 39.9 Å². The minimum atomic E-state index is 0.106. The van der Waals surface area contributed by atoms with Crippen LogP contribution in [0.25, 0.3) is 0 Å². The van der Waals surface area contributed by atoms with E-state index in [1.807, 2.05) is 10.6 Å². The number of fused-ring (bicyclic) bond motifs is 1. The van der Waals surface area contributed by atoms with Crippen LogP contribution >= 0.6 is 0 Å². The molecule has 18 heavy (non-hydrogen) atoms. The maximum Gasteiger partial charge on any atom is 0.255 e. The molecule has 1 aliphatic rings. The van der Waals surface area contributed by atoms with Crippen molar-refractivity contribution in [2.24, 2.45) is 11.7 Å². The van der Waals surface area contributed by atoms with Gasteiger partial charge in [0.1, 0.15) is 0 Å². The summed E-state index contributed by atoms with van der Waals surface area (Å²) in [5, 5.41) is 0. The van der Waals surface area contributed by atoms with Gasteiger partial charge in [0.15, 0.2) is 0 Å². The maximum atomic E-state index is 12.4. The Balaban J connectivity index is 2.54. The van der Waals surface area contributed by atoms with Crippen molar-refractivity contribution in [3.63, 3.8) is 0 Å². The first kappa shape index (κ1) is 13.3. The van der Waals surface area contributed by atoms with E-state index in [9.17, 15) is 4.79 Å². The van der Waals surface area contributed by atoms with Gasteiger partial charge in [-0.15, -0.1) is 0 Å². The predicted octanol–water partition coefficient (Wildman–Crippen LogP) is 0.951. The standard InChI is InChI=1S/C14H23N3O/c1-10(2)8-17-13-4-5-16(3)9-12(13)6-11(7-15)14(17)18/h6,10H,4-5,7-9,15H2,1-3H3. The van der Waals surface area contributed by atoms with Gasteiger partial charge in [-0.1, -0.05) is 13.8 Å². The van der Waals surface area contributed by atoms with Crippen molar-refractivity contribution in [3.8, 4) is 0 Å². The van der Waals surface area contributed by atoms with Gasteiger partial charge in [-0.05, 0) is 24.6 Å². The largest absolute Gasteiger partial charge is 0.326 e. The van der Waals surface area contributed by atoms with Gasteiger partial charge >= 0.3 is 0 Å². The van der Waals surface area contributed by atoms with E-state index in [4.69, 9.17) is 5.73 Å². The number of aromatic nitrogens is 1. The highest BCUT2D eigenvalue weighted by atomic mass is 16.1. The smallest absolute Gasteiger partial charge is 0.255 e. The average molecular weight is 249 g/mol. The highest BCUT2D eigenvalue weighted by Crippen LogP contribution is 2.18. The van der Waals surface area contributed by atoms with E-state index in [-0.39, 0.29) is 5.56 Å². The van der Waals surface area contributed by atoms with Crippen LogP contribution in [-0.2, 0) is 26.1 Å². The van der Waals surface area contributed by atoms with Gasteiger partial charge in [0.05, 0.1) is 0 Å². The van der Waals surface area contributed by atoms with Crippen molar-refractivity contribution in [2.75, 3.05) is 13.6 Å². The van der Waals surface area contributed by atoms with Gasteiger partial charge in [-0.2, -0.15) is 0 Å². The summed E-state index contributed by atoms with van der Waals surface area (Å²) >= 11 is 0. The Morgan fingerprint density at radius 2 is 2.17 bits per heavy atom. The first-order chi connectivity index (χ1) is 8.52. The summed E-state index contributed by atoms with van der Waals surface area (Å²) in [5.74, 6) is 0.472. The highest BCUT2D eigenvalue weighted by Gasteiger charge is 2.19. The normalized spacial score (nSPS) is 16.1. The molecule has 0 spiro atoms. The lowest BCUT2D eigenvalue weighted by Gasteiger charge is -2.28.